The summed E-state index contributed by atoms with van der Waals surface area (Å²) in [6.07, 6.45) is -0.963. The quantitative estimate of drug-likeness (QED) is 0.514. The number of hydrogen-bond donors (Lipinski definition) is 2. The Labute approximate surface area is 184 Å². The van der Waals surface area contributed by atoms with Crippen LogP contribution in [0.3, 0.4) is 0 Å². The molecular weight excluding hydrogens is 418 g/mol. The van der Waals surface area contributed by atoms with Gasteiger partial charge in [-0.25, -0.2) is 8.78 Å². The molecule has 0 fully saturated rings. The first-order chi connectivity index (χ1) is 15.4. The summed E-state index contributed by atoms with van der Waals surface area (Å²) >= 11 is 0. The van der Waals surface area contributed by atoms with Crippen LogP contribution in [0, 0.1) is 11.6 Å². The molecule has 2 N–H and O–H groups in total. The van der Waals surface area contributed by atoms with Crippen molar-refractivity contribution in [2.75, 3.05) is 13.7 Å². The summed E-state index contributed by atoms with van der Waals surface area (Å²) in [6.45, 7) is 2.27. The molecule has 0 unspecified atom stereocenters. The summed E-state index contributed by atoms with van der Waals surface area (Å²) in [7, 11) is 1.48. The van der Waals surface area contributed by atoms with Crippen molar-refractivity contribution < 1.29 is 27.8 Å². The molecular formula is C24H22F2N2O4. The average Bonchev–Trinajstić information content (AvgIpc) is 2.80. The lowest BCUT2D eigenvalue weighted by atomic mass is 10.1. The molecule has 0 radical (unpaired) electrons. The third-order valence-corrected chi connectivity index (χ3v) is 4.58. The highest BCUT2D eigenvalue weighted by Crippen LogP contribution is 2.30. The van der Waals surface area contributed by atoms with Crippen molar-refractivity contribution in [2.45, 2.75) is 13.1 Å². The number of nitrogens with one attached hydrogen (secondary N) is 2. The van der Waals surface area contributed by atoms with E-state index in [1.807, 2.05) is 6.92 Å². The number of carbonyl (C=O) groups excluding carboxylic acids is 2. The van der Waals surface area contributed by atoms with Crippen molar-refractivity contribution in [2.24, 2.45) is 0 Å². The normalized spacial score (nSPS) is 10.5. The third-order valence-electron chi connectivity index (χ3n) is 4.58. The minimum Gasteiger partial charge on any atom is -0.493 e. The first-order valence-electron chi connectivity index (χ1n) is 9.85. The zero-order valence-electron chi connectivity index (χ0n) is 17.5. The number of benzene rings is 3. The summed E-state index contributed by atoms with van der Waals surface area (Å²) in [5.74, 6) is -1.07. The van der Waals surface area contributed by atoms with Crippen LogP contribution in [0.2, 0.25) is 0 Å². The van der Waals surface area contributed by atoms with E-state index in [1.165, 1.54) is 55.6 Å². The second kappa shape index (κ2) is 10.4. The molecule has 166 valence electrons. The fourth-order valence-corrected chi connectivity index (χ4v) is 2.97. The summed E-state index contributed by atoms with van der Waals surface area (Å²) < 4.78 is 37.3. The lowest BCUT2D eigenvalue weighted by Crippen LogP contribution is -2.41. The smallest absolute Gasteiger partial charge is 0.253 e. The first-order valence-corrected chi connectivity index (χ1v) is 9.85. The van der Waals surface area contributed by atoms with E-state index in [4.69, 9.17) is 9.47 Å². The Balaban J connectivity index is 1.91. The third kappa shape index (κ3) is 5.60. The van der Waals surface area contributed by atoms with Gasteiger partial charge in [0.1, 0.15) is 17.8 Å². The molecule has 0 heterocycles. The lowest BCUT2D eigenvalue weighted by molar-refractivity contribution is 0.0883. The van der Waals surface area contributed by atoms with E-state index in [0.29, 0.717) is 23.7 Å². The van der Waals surface area contributed by atoms with Gasteiger partial charge >= 0.3 is 0 Å². The molecule has 3 aromatic carbocycles. The summed E-state index contributed by atoms with van der Waals surface area (Å²) in [5.41, 5.74) is 0.937. The number of rotatable bonds is 8. The lowest BCUT2D eigenvalue weighted by Gasteiger charge is -2.22. The monoisotopic (exact) mass is 440 g/mol. The van der Waals surface area contributed by atoms with Crippen LogP contribution in [0.5, 0.6) is 11.5 Å². The molecule has 8 heteroatoms. The fourth-order valence-electron chi connectivity index (χ4n) is 2.97. The van der Waals surface area contributed by atoms with Gasteiger partial charge in [0.25, 0.3) is 11.8 Å². The standard InChI is InChI=1S/C24H22F2N2O4/c1-3-32-20-13-8-17(14-21(20)31-2)22(27-23(29)15-4-9-18(25)10-5-15)28-24(30)16-6-11-19(26)12-7-16/h4-14,22H,3H2,1-2H3,(H,27,29)(H,28,30). The topological polar surface area (TPSA) is 76.7 Å². The number of hydrogen-bond acceptors (Lipinski definition) is 4. The molecule has 0 spiro atoms. The van der Waals surface area contributed by atoms with Crippen molar-refractivity contribution in [3.63, 3.8) is 0 Å². The highest BCUT2D eigenvalue weighted by atomic mass is 19.1. The first kappa shape index (κ1) is 22.7. The minimum absolute atomic E-state index is 0.213. The summed E-state index contributed by atoms with van der Waals surface area (Å²) in [6, 6.07) is 15.0. The molecule has 0 saturated heterocycles. The van der Waals surface area contributed by atoms with Gasteiger partial charge in [0, 0.05) is 11.1 Å². The molecule has 0 saturated carbocycles. The number of halogens is 2. The Morgan fingerprint density at radius 1 is 0.812 bits per heavy atom. The Morgan fingerprint density at radius 2 is 1.31 bits per heavy atom. The molecule has 6 nitrogen and oxygen atoms in total. The zero-order chi connectivity index (χ0) is 23.1. The van der Waals surface area contributed by atoms with Gasteiger partial charge in [0.05, 0.1) is 13.7 Å². The predicted molar refractivity (Wildman–Crippen MR) is 115 cm³/mol. The van der Waals surface area contributed by atoms with E-state index in [1.54, 1.807) is 18.2 Å². The molecule has 3 aromatic rings. The van der Waals surface area contributed by atoms with Gasteiger partial charge in [-0.15, -0.1) is 0 Å². The largest absolute Gasteiger partial charge is 0.493 e. The molecule has 0 aliphatic heterocycles. The second-order valence-electron chi connectivity index (χ2n) is 6.74. The Kier molecular flexibility index (Phi) is 7.38. The average molecular weight is 440 g/mol. The van der Waals surface area contributed by atoms with Gasteiger partial charge in [0.15, 0.2) is 11.5 Å². The van der Waals surface area contributed by atoms with Crippen molar-refractivity contribution in [1.29, 1.82) is 0 Å². The van der Waals surface area contributed by atoms with E-state index in [9.17, 15) is 18.4 Å². The second-order valence-corrected chi connectivity index (χ2v) is 6.74. The Morgan fingerprint density at radius 3 is 1.75 bits per heavy atom. The maximum absolute atomic E-state index is 13.2. The van der Waals surface area contributed by atoms with Gasteiger partial charge in [-0.1, -0.05) is 6.07 Å². The predicted octanol–water partition coefficient (Wildman–Crippen LogP) is 4.23. The molecule has 2 amide bonds. The Bertz CT molecular complexity index is 1030. The van der Waals surface area contributed by atoms with Crippen molar-refractivity contribution in [3.8, 4) is 11.5 Å². The van der Waals surface area contributed by atoms with E-state index in [0.717, 1.165) is 0 Å². The van der Waals surface area contributed by atoms with Crippen LogP contribution in [0.15, 0.2) is 66.7 Å². The maximum atomic E-state index is 13.2. The molecule has 32 heavy (non-hydrogen) atoms. The molecule has 0 bridgehead atoms. The SMILES string of the molecule is CCOc1ccc(C(NC(=O)c2ccc(F)cc2)NC(=O)c2ccc(F)cc2)cc1OC. The van der Waals surface area contributed by atoms with E-state index in [-0.39, 0.29) is 11.1 Å². The summed E-state index contributed by atoms with van der Waals surface area (Å²) in [4.78, 5) is 25.5. The van der Waals surface area contributed by atoms with Crippen LogP contribution >= 0.6 is 0 Å². The highest BCUT2D eigenvalue weighted by Gasteiger charge is 2.21. The van der Waals surface area contributed by atoms with E-state index < -0.39 is 29.6 Å². The molecule has 3 rings (SSSR count). The fraction of sp³-hybridized carbons (Fsp3) is 0.167. The molecule has 0 aliphatic carbocycles. The van der Waals surface area contributed by atoms with Gasteiger partial charge in [-0.2, -0.15) is 0 Å². The molecule has 0 aromatic heterocycles. The minimum atomic E-state index is -0.963. The van der Waals surface area contributed by atoms with E-state index in [2.05, 4.69) is 10.6 Å². The van der Waals surface area contributed by atoms with Crippen LogP contribution in [0.4, 0.5) is 8.78 Å². The van der Waals surface area contributed by atoms with Crippen LogP contribution in [0.25, 0.3) is 0 Å². The Hall–Kier alpha value is -3.94. The number of carbonyl (C=O) groups is 2. The van der Waals surface area contributed by atoms with E-state index >= 15 is 0 Å². The zero-order valence-corrected chi connectivity index (χ0v) is 17.5. The molecule has 0 atom stereocenters. The van der Waals surface area contributed by atoms with Gasteiger partial charge < -0.3 is 20.1 Å². The van der Waals surface area contributed by atoms with Crippen LogP contribution in [-0.2, 0) is 0 Å². The molecule has 0 aliphatic rings. The van der Waals surface area contributed by atoms with Crippen molar-refractivity contribution >= 4 is 11.8 Å². The number of ether oxygens (including phenoxy) is 2. The summed E-state index contributed by atoms with van der Waals surface area (Å²) in [5, 5.41) is 5.44. The maximum Gasteiger partial charge on any atom is 0.253 e. The number of methoxy groups -OCH3 is 1. The van der Waals surface area contributed by atoms with Gasteiger partial charge in [-0.3, -0.25) is 9.59 Å². The van der Waals surface area contributed by atoms with Gasteiger partial charge in [0.2, 0.25) is 0 Å². The number of amides is 2. The van der Waals surface area contributed by atoms with Crippen molar-refractivity contribution in [1.82, 2.24) is 10.6 Å². The highest BCUT2D eigenvalue weighted by molar-refractivity contribution is 5.96. The van der Waals surface area contributed by atoms with Crippen molar-refractivity contribution in [3.05, 3.63) is 95.1 Å². The van der Waals surface area contributed by atoms with Crippen LogP contribution in [-0.4, -0.2) is 25.5 Å². The van der Waals surface area contributed by atoms with Gasteiger partial charge in [-0.05, 0) is 73.2 Å². The van der Waals surface area contributed by atoms with Crippen LogP contribution in [0.1, 0.15) is 39.4 Å². The van der Waals surface area contributed by atoms with Crippen LogP contribution < -0.4 is 20.1 Å².